The molecule has 0 amide bonds. The monoisotopic (exact) mass is 247 g/mol. The Morgan fingerprint density at radius 3 is 2.83 bits per heavy atom. The van der Waals surface area contributed by atoms with Gasteiger partial charge in [-0.2, -0.15) is 5.10 Å². The number of aromatic nitrogens is 3. The number of hydrogen-bond donors (Lipinski definition) is 0. The number of ketones is 2. The van der Waals surface area contributed by atoms with Gasteiger partial charge in [-0.15, -0.1) is 0 Å². The number of rotatable bonds is 4. The van der Waals surface area contributed by atoms with E-state index in [1.165, 1.54) is 23.1 Å². The first-order chi connectivity index (χ1) is 8.63. The average molecular weight is 247 g/mol. The highest BCUT2D eigenvalue weighted by atomic mass is 16.5. The molecule has 7 heteroatoms. The van der Waals surface area contributed by atoms with Gasteiger partial charge >= 0.3 is 5.97 Å². The van der Waals surface area contributed by atoms with E-state index in [0.29, 0.717) is 5.52 Å². The lowest BCUT2D eigenvalue weighted by Crippen LogP contribution is -2.19. The normalized spacial score (nSPS) is 10.3. The third-order valence-corrected chi connectivity index (χ3v) is 2.36. The van der Waals surface area contributed by atoms with Crippen LogP contribution >= 0.6 is 0 Å². The fraction of sp³-hybridized carbons (Fsp3) is 0.182. The summed E-state index contributed by atoms with van der Waals surface area (Å²) in [4.78, 5) is 37.9. The minimum Gasteiger partial charge on any atom is -0.463 e. The summed E-state index contributed by atoms with van der Waals surface area (Å²) in [5.74, 6) is -2.41. The third-order valence-electron chi connectivity index (χ3n) is 2.36. The highest BCUT2D eigenvalue weighted by molar-refractivity contribution is 6.38. The summed E-state index contributed by atoms with van der Waals surface area (Å²) < 4.78 is 5.71. The molecule has 0 aliphatic carbocycles. The Bertz CT molecular complexity index is 632. The number of carbonyl (C=O) groups excluding carboxylic acids is 3. The zero-order valence-electron chi connectivity index (χ0n) is 9.49. The molecular formula is C11H9N3O4. The van der Waals surface area contributed by atoms with Crippen molar-refractivity contribution in [2.24, 2.45) is 0 Å². The standard InChI is InChI=1S/C11H9N3O4/c1-18-11(17)10(16)4-9(15)7-5-13-14-3-2-12-6-8(7)14/h2-3,5-6H,4H2,1H3. The molecule has 7 nitrogen and oxygen atoms in total. The summed E-state index contributed by atoms with van der Waals surface area (Å²) >= 11 is 0. The van der Waals surface area contributed by atoms with E-state index in [-0.39, 0.29) is 5.56 Å². The second-order valence-electron chi connectivity index (χ2n) is 3.48. The molecule has 0 aliphatic rings. The number of ether oxygens (including phenoxy) is 1. The van der Waals surface area contributed by atoms with Crippen LogP contribution in [-0.4, -0.2) is 39.2 Å². The summed E-state index contributed by atoms with van der Waals surface area (Å²) in [6.45, 7) is 0. The van der Waals surface area contributed by atoms with E-state index in [1.54, 1.807) is 6.20 Å². The van der Waals surface area contributed by atoms with E-state index in [9.17, 15) is 14.4 Å². The van der Waals surface area contributed by atoms with E-state index in [4.69, 9.17) is 0 Å². The van der Waals surface area contributed by atoms with Gasteiger partial charge in [0.1, 0.15) is 0 Å². The van der Waals surface area contributed by atoms with Crippen molar-refractivity contribution in [3.05, 3.63) is 30.4 Å². The largest absolute Gasteiger partial charge is 0.463 e. The van der Waals surface area contributed by atoms with Crippen LogP contribution in [0.1, 0.15) is 16.8 Å². The van der Waals surface area contributed by atoms with Crippen molar-refractivity contribution in [1.29, 1.82) is 0 Å². The van der Waals surface area contributed by atoms with Gasteiger partial charge in [-0.25, -0.2) is 9.31 Å². The third kappa shape index (κ3) is 2.10. The Morgan fingerprint density at radius 1 is 1.33 bits per heavy atom. The Hall–Kier alpha value is -2.57. The van der Waals surface area contributed by atoms with E-state index in [1.807, 2.05) is 0 Å². The van der Waals surface area contributed by atoms with Crippen LogP contribution in [0, 0.1) is 0 Å². The first kappa shape index (κ1) is 11.9. The molecule has 0 aromatic carbocycles. The first-order valence-electron chi connectivity index (χ1n) is 5.05. The molecule has 0 fully saturated rings. The van der Waals surface area contributed by atoms with Gasteiger partial charge in [-0.3, -0.25) is 14.6 Å². The van der Waals surface area contributed by atoms with Crippen molar-refractivity contribution in [2.45, 2.75) is 6.42 Å². The number of carbonyl (C=O) groups is 3. The van der Waals surface area contributed by atoms with Gasteiger partial charge in [0.25, 0.3) is 0 Å². The maximum absolute atomic E-state index is 11.8. The summed E-state index contributed by atoms with van der Waals surface area (Å²) in [5.41, 5.74) is 0.737. The molecule has 0 N–H and O–H groups in total. The van der Waals surface area contributed by atoms with Crippen molar-refractivity contribution in [3.8, 4) is 0 Å². The van der Waals surface area contributed by atoms with Crippen LogP contribution in [0.15, 0.2) is 24.8 Å². The van der Waals surface area contributed by atoms with Crippen LogP contribution < -0.4 is 0 Å². The van der Waals surface area contributed by atoms with Crippen LogP contribution in [0.4, 0.5) is 0 Å². The predicted molar refractivity (Wildman–Crippen MR) is 59.0 cm³/mol. The molecular weight excluding hydrogens is 238 g/mol. The summed E-state index contributed by atoms with van der Waals surface area (Å²) in [5, 5.41) is 3.94. The topological polar surface area (TPSA) is 90.6 Å². The molecule has 0 radical (unpaired) electrons. The van der Waals surface area contributed by atoms with Crippen molar-refractivity contribution >= 4 is 23.1 Å². The zero-order chi connectivity index (χ0) is 13.1. The number of methoxy groups -OCH3 is 1. The number of hydrogen-bond acceptors (Lipinski definition) is 6. The number of nitrogens with zero attached hydrogens (tertiary/aromatic N) is 3. The molecule has 2 aromatic heterocycles. The number of fused-ring (bicyclic) bond motifs is 1. The van der Waals surface area contributed by atoms with E-state index < -0.39 is 24.0 Å². The van der Waals surface area contributed by atoms with Crippen molar-refractivity contribution in [2.75, 3.05) is 7.11 Å². The van der Waals surface area contributed by atoms with Gasteiger partial charge in [0, 0.05) is 12.4 Å². The minimum absolute atomic E-state index is 0.250. The summed E-state index contributed by atoms with van der Waals surface area (Å²) in [6, 6.07) is 0. The molecule has 18 heavy (non-hydrogen) atoms. The van der Waals surface area contributed by atoms with Gasteiger partial charge in [0.2, 0.25) is 5.78 Å². The lowest BCUT2D eigenvalue weighted by Gasteiger charge is -1.98. The lowest BCUT2D eigenvalue weighted by atomic mass is 10.1. The van der Waals surface area contributed by atoms with E-state index >= 15 is 0 Å². The highest BCUT2D eigenvalue weighted by Gasteiger charge is 2.21. The van der Waals surface area contributed by atoms with E-state index in [2.05, 4.69) is 14.8 Å². The minimum atomic E-state index is -1.03. The highest BCUT2D eigenvalue weighted by Crippen LogP contribution is 2.11. The fourth-order valence-corrected chi connectivity index (χ4v) is 1.48. The molecule has 2 rings (SSSR count). The van der Waals surface area contributed by atoms with Gasteiger partial charge in [0.15, 0.2) is 5.78 Å². The molecule has 2 aromatic rings. The van der Waals surface area contributed by atoms with Crippen LogP contribution in [0.25, 0.3) is 5.52 Å². The molecule has 0 saturated carbocycles. The Balaban J connectivity index is 2.24. The molecule has 0 unspecified atom stereocenters. The molecule has 2 heterocycles. The van der Waals surface area contributed by atoms with Gasteiger partial charge < -0.3 is 4.74 Å². The molecule has 0 spiro atoms. The Kier molecular flexibility index (Phi) is 3.13. The maximum atomic E-state index is 11.8. The van der Waals surface area contributed by atoms with Crippen molar-refractivity contribution < 1.29 is 19.1 Å². The smallest absolute Gasteiger partial charge is 0.374 e. The summed E-state index contributed by atoms with van der Waals surface area (Å²) in [7, 11) is 1.09. The van der Waals surface area contributed by atoms with Crippen molar-refractivity contribution in [1.82, 2.24) is 14.6 Å². The maximum Gasteiger partial charge on any atom is 0.374 e. The quantitative estimate of drug-likeness (QED) is 0.328. The molecule has 0 saturated heterocycles. The van der Waals surface area contributed by atoms with Crippen LogP contribution in [-0.2, 0) is 14.3 Å². The second kappa shape index (κ2) is 4.74. The molecule has 0 bridgehead atoms. The van der Waals surface area contributed by atoms with Crippen LogP contribution in [0.3, 0.4) is 0 Å². The first-order valence-corrected chi connectivity index (χ1v) is 5.05. The van der Waals surface area contributed by atoms with Crippen LogP contribution in [0.5, 0.6) is 0 Å². The number of Topliss-reactive ketones (excluding diaryl/α,β-unsaturated/α-hetero) is 2. The zero-order valence-corrected chi connectivity index (χ0v) is 9.49. The molecule has 0 aliphatic heterocycles. The van der Waals surface area contributed by atoms with E-state index in [0.717, 1.165) is 7.11 Å². The van der Waals surface area contributed by atoms with Crippen molar-refractivity contribution in [3.63, 3.8) is 0 Å². The fourth-order valence-electron chi connectivity index (χ4n) is 1.48. The predicted octanol–water partition coefficient (Wildman–Crippen LogP) is 0.0442. The SMILES string of the molecule is COC(=O)C(=O)CC(=O)c1cnn2ccncc12. The number of esters is 1. The van der Waals surface area contributed by atoms with Gasteiger partial charge in [-0.05, 0) is 0 Å². The molecule has 0 atom stereocenters. The van der Waals surface area contributed by atoms with Gasteiger partial charge in [-0.1, -0.05) is 0 Å². The van der Waals surface area contributed by atoms with Gasteiger partial charge in [0.05, 0.1) is 37.0 Å². The Labute approximate surface area is 101 Å². The average Bonchev–Trinajstić information content (AvgIpc) is 2.81. The molecule has 92 valence electrons. The van der Waals surface area contributed by atoms with Crippen LogP contribution in [0.2, 0.25) is 0 Å². The summed E-state index contributed by atoms with van der Waals surface area (Å²) in [6.07, 6.45) is 5.36. The second-order valence-corrected chi connectivity index (χ2v) is 3.48. The Morgan fingerprint density at radius 2 is 2.11 bits per heavy atom. The lowest BCUT2D eigenvalue weighted by molar-refractivity contribution is -0.151.